The third-order valence-corrected chi connectivity index (χ3v) is 2.18. The normalized spacial score (nSPS) is 14.1. The fourth-order valence-electron chi connectivity index (χ4n) is 1.44. The summed E-state index contributed by atoms with van der Waals surface area (Å²) in [6, 6.07) is 7.86. The molecule has 0 saturated heterocycles. The molecule has 1 heterocycles. The summed E-state index contributed by atoms with van der Waals surface area (Å²) < 4.78 is 0. The lowest BCUT2D eigenvalue weighted by molar-refractivity contribution is -0.112. The Balaban J connectivity index is 2.42. The Morgan fingerprint density at radius 3 is 2.93 bits per heavy atom. The second-order valence-electron chi connectivity index (χ2n) is 3.13. The number of carbonyl (C=O) groups excluding carboxylic acids is 1. The Bertz CT molecular complexity index is 433. The van der Waals surface area contributed by atoms with Gasteiger partial charge >= 0.3 is 0 Å². The smallest absolute Gasteiger partial charge is 0.263 e. The molecule has 14 heavy (non-hydrogen) atoms. The van der Waals surface area contributed by atoms with Crippen molar-refractivity contribution in [3.05, 3.63) is 41.6 Å². The second kappa shape index (κ2) is 3.46. The fourth-order valence-corrected chi connectivity index (χ4v) is 1.44. The molecule has 1 aliphatic heterocycles. The Morgan fingerprint density at radius 1 is 1.36 bits per heavy atom. The maximum atomic E-state index is 11.0. The molecule has 1 aromatic carbocycles. The number of benzene rings is 1. The lowest BCUT2D eigenvalue weighted by Crippen LogP contribution is -2.24. The largest absolute Gasteiger partial charge is 0.365 e. The van der Waals surface area contributed by atoms with E-state index >= 15 is 0 Å². The van der Waals surface area contributed by atoms with Crippen LogP contribution in [0, 0.1) is 0 Å². The summed E-state index contributed by atoms with van der Waals surface area (Å²) in [5.41, 5.74) is 7.77. The maximum Gasteiger partial charge on any atom is 0.263 e. The third-order valence-electron chi connectivity index (χ3n) is 2.18. The molecule has 0 radical (unpaired) electrons. The predicted molar refractivity (Wildman–Crippen MR) is 55.8 cm³/mol. The molecule has 3 nitrogen and oxygen atoms in total. The summed E-state index contributed by atoms with van der Waals surface area (Å²) in [6.45, 7) is 0. The first-order valence-corrected chi connectivity index (χ1v) is 4.38. The number of fused-ring (bicyclic) bond motifs is 1. The predicted octanol–water partition coefficient (Wildman–Crippen LogP) is 1.14. The molecule has 0 atom stereocenters. The molecule has 0 spiro atoms. The van der Waals surface area contributed by atoms with Gasteiger partial charge in [0.2, 0.25) is 0 Å². The van der Waals surface area contributed by atoms with Gasteiger partial charge in [0.1, 0.15) is 5.71 Å². The van der Waals surface area contributed by atoms with Crippen molar-refractivity contribution in [2.45, 2.75) is 6.42 Å². The molecule has 0 unspecified atom stereocenters. The van der Waals surface area contributed by atoms with Crippen molar-refractivity contribution in [2.24, 2.45) is 10.7 Å². The highest BCUT2D eigenvalue weighted by Crippen LogP contribution is 2.14. The van der Waals surface area contributed by atoms with Gasteiger partial charge in [-0.25, -0.2) is 0 Å². The molecule has 2 N–H and O–H groups in total. The van der Waals surface area contributed by atoms with Gasteiger partial charge in [0.25, 0.3) is 5.91 Å². The van der Waals surface area contributed by atoms with E-state index in [1.54, 1.807) is 6.20 Å². The lowest BCUT2D eigenvalue weighted by Gasteiger charge is -2.02. The molecule has 2 rings (SSSR count). The van der Waals surface area contributed by atoms with Crippen LogP contribution in [0.3, 0.4) is 0 Å². The van der Waals surface area contributed by atoms with Crippen molar-refractivity contribution >= 4 is 17.7 Å². The molecule has 1 amide bonds. The molecular weight excluding hydrogens is 176 g/mol. The molecule has 70 valence electrons. The van der Waals surface area contributed by atoms with Crippen LogP contribution in [0.2, 0.25) is 0 Å². The van der Waals surface area contributed by atoms with Gasteiger partial charge in [0, 0.05) is 12.6 Å². The number of rotatable bonds is 1. The quantitative estimate of drug-likeness (QED) is 0.702. The van der Waals surface area contributed by atoms with E-state index in [2.05, 4.69) is 4.99 Å². The Hall–Kier alpha value is -1.90. The first kappa shape index (κ1) is 8.69. The molecular formula is C11H10N2O. The van der Waals surface area contributed by atoms with E-state index in [9.17, 15) is 4.79 Å². The Kier molecular flexibility index (Phi) is 2.14. The van der Waals surface area contributed by atoms with E-state index in [0.29, 0.717) is 12.1 Å². The number of aliphatic imine (C=N–C) groups is 1. The average Bonchev–Trinajstić information content (AvgIpc) is 2.39. The van der Waals surface area contributed by atoms with E-state index in [1.807, 2.05) is 30.3 Å². The summed E-state index contributed by atoms with van der Waals surface area (Å²) in [7, 11) is 0. The third kappa shape index (κ3) is 1.57. The molecule has 0 bridgehead atoms. The van der Waals surface area contributed by atoms with Crippen LogP contribution in [-0.4, -0.2) is 11.6 Å². The van der Waals surface area contributed by atoms with Gasteiger partial charge in [-0.3, -0.25) is 9.79 Å². The van der Waals surface area contributed by atoms with E-state index in [1.165, 1.54) is 0 Å². The van der Waals surface area contributed by atoms with Crippen molar-refractivity contribution in [3.8, 4) is 0 Å². The summed E-state index contributed by atoms with van der Waals surface area (Å²) in [5.74, 6) is -0.452. The second-order valence-corrected chi connectivity index (χ2v) is 3.13. The number of carbonyl (C=O) groups is 1. The van der Waals surface area contributed by atoms with Crippen molar-refractivity contribution in [1.82, 2.24) is 0 Å². The van der Waals surface area contributed by atoms with Gasteiger partial charge in [0.15, 0.2) is 0 Å². The van der Waals surface area contributed by atoms with Crippen LogP contribution in [0.1, 0.15) is 11.1 Å². The summed E-state index contributed by atoms with van der Waals surface area (Å²) in [6.07, 6.45) is 4.01. The minimum Gasteiger partial charge on any atom is -0.365 e. The first-order valence-electron chi connectivity index (χ1n) is 4.38. The molecule has 1 aromatic rings. The standard InChI is InChI=1S/C11H10N2O/c12-11(14)10-7-9-4-2-1-3-8(9)5-6-13-10/h1-6H,7H2,(H2,12,14). The minimum atomic E-state index is -0.452. The van der Waals surface area contributed by atoms with Crippen LogP contribution in [0.4, 0.5) is 0 Å². The van der Waals surface area contributed by atoms with Crippen LogP contribution < -0.4 is 5.73 Å². The van der Waals surface area contributed by atoms with Crippen molar-refractivity contribution in [3.63, 3.8) is 0 Å². The van der Waals surface area contributed by atoms with Gasteiger partial charge in [-0.1, -0.05) is 24.3 Å². The zero-order chi connectivity index (χ0) is 9.97. The Morgan fingerprint density at radius 2 is 2.14 bits per heavy atom. The number of nitrogens with zero attached hydrogens (tertiary/aromatic N) is 1. The molecule has 1 aliphatic rings. The summed E-state index contributed by atoms with van der Waals surface area (Å²) >= 11 is 0. The maximum absolute atomic E-state index is 11.0. The highest BCUT2D eigenvalue weighted by molar-refractivity contribution is 6.39. The average molecular weight is 186 g/mol. The van der Waals surface area contributed by atoms with Gasteiger partial charge < -0.3 is 5.73 Å². The molecule has 0 aromatic heterocycles. The Labute approximate surface area is 82.0 Å². The van der Waals surface area contributed by atoms with Crippen LogP contribution in [0.15, 0.2) is 35.5 Å². The molecule has 0 aliphatic carbocycles. The van der Waals surface area contributed by atoms with Crippen molar-refractivity contribution in [1.29, 1.82) is 0 Å². The number of nitrogens with two attached hydrogens (primary N) is 1. The van der Waals surface area contributed by atoms with Gasteiger partial charge in [-0.05, 0) is 17.2 Å². The van der Waals surface area contributed by atoms with E-state index < -0.39 is 5.91 Å². The van der Waals surface area contributed by atoms with E-state index in [-0.39, 0.29) is 0 Å². The zero-order valence-corrected chi connectivity index (χ0v) is 7.60. The van der Waals surface area contributed by atoms with Gasteiger partial charge in [-0.2, -0.15) is 0 Å². The SMILES string of the molecule is NC(=O)C1=NC=Cc2ccccc2C1. The van der Waals surface area contributed by atoms with Crippen molar-refractivity contribution in [2.75, 3.05) is 0 Å². The van der Waals surface area contributed by atoms with Crippen LogP contribution in [0.5, 0.6) is 0 Å². The van der Waals surface area contributed by atoms with Crippen LogP contribution in [-0.2, 0) is 11.2 Å². The van der Waals surface area contributed by atoms with Gasteiger partial charge in [-0.15, -0.1) is 0 Å². The first-order chi connectivity index (χ1) is 6.77. The van der Waals surface area contributed by atoms with E-state index in [0.717, 1.165) is 11.1 Å². The fraction of sp³-hybridized carbons (Fsp3) is 0.0909. The topological polar surface area (TPSA) is 55.5 Å². The zero-order valence-electron chi connectivity index (χ0n) is 7.60. The highest BCUT2D eigenvalue weighted by atomic mass is 16.1. The number of hydrogen-bond acceptors (Lipinski definition) is 2. The number of primary amides is 1. The minimum absolute atomic E-state index is 0.409. The molecule has 0 saturated carbocycles. The summed E-state index contributed by atoms with van der Waals surface area (Å²) in [5, 5.41) is 0. The molecule has 3 heteroatoms. The summed E-state index contributed by atoms with van der Waals surface area (Å²) in [4.78, 5) is 15.0. The van der Waals surface area contributed by atoms with Crippen LogP contribution >= 0.6 is 0 Å². The monoisotopic (exact) mass is 186 g/mol. The van der Waals surface area contributed by atoms with Crippen molar-refractivity contribution < 1.29 is 4.79 Å². The molecule has 0 fully saturated rings. The van der Waals surface area contributed by atoms with E-state index in [4.69, 9.17) is 5.73 Å². The number of amides is 1. The number of hydrogen-bond donors (Lipinski definition) is 1. The highest BCUT2D eigenvalue weighted by Gasteiger charge is 2.11. The lowest BCUT2D eigenvalue weighted by atomic mass is 10.0. The van der Waals surface area contributed by atoms with Crippen LogP contribution in [0.25, 0.3) is 6.08 Å². The van der Waals surface area contributed by atoms with Gasteiger partial charge in [0.05, 0.1) is 0 Å².